The van der Waals surface area contributed by atoms with Gasteiger partial charge in [-0.15, -0.1) is 0 Å². The molecule has 3 rings (SSSR count). The summed E-state index contributed by atoms with van der Waals surface area (Å²) >= 11 is 0. The van der Waals surface area contributed by atoms with E-state index in [9.17, 15) is 14.3 Å². The van der Waals surface area contributed by atoms with Crippen molar-refractivity contribution in [3.63, 3.8) is 0 Å². The molecule has 0 spiro atoms. The van der Waals surface area contributed by atoms with Crippen molar-refractivity contribution >= 4 is 5.91 Å². The fraction of sp³-hybridized carbons (Fsp3) is 0.278. The van der Waals surface area contributed by atoms with Gasteiger partial charge in [-0.3, -0.25) is 4.79 Å². The van der Waals surface area contributed by atoms with E-state index in [4.69, 9.17) is 4.74 Å². The second-order valence-corrected chi connectivity index (χ2v) is 5.68. The Labute approximate surface area is 133 Å². The maximum Gasteiger partial charge on any atom is 0.227 e. The third-order valence-corrected chi connectivity index (χ3v) is 4.13. The summed E-state index contributed by atoms with van der Waals surface area (Å²) in [5, 5.41) is 13.2. The zero-order chi connectivity index (χ0) is 16.4. The molecule has 0 aliphatic carbocycles. The summed E-state index contributed by atoms with van der Waals surface area (Å²) < 4.78 is 18.5. The van der Waals surface area contributed by atoms with E-state index < -0.39 is 18.1 Å². The Kier molecular flexibility index (Phi) is 4.30. The van der Waals surface area contributed by atoms with Crippen LogP contribution in [0.25, 0.3) is 0 Å². The molecule has 0 saturated heterocycles. The van der Waals surface area contributed by atoms with E-state index in [-0.39, 0.29) is 18.3 Å². The van der Waals surface area contributed by atoms with Gasteiger partial charge in [-0.05, 0) is 30.7 Å². The van der Waals surface area contributed by atoms with Crippen LogP contribution in [-0.4, -0.2) is 23.7 Å². The molecule has 1 heterocycles. The summed E-state index contributed by atoms with van der Waals surface area (Å²) in [6, 6.07) is 12.5. The number of halogens is 1. The molecule has 5 heteroatoms. The minimum absolute atomic E-state index is 0.208. The molecule has 1 amide bonds. The van der Waals surface area contributed by atoms with Gasteiger partial charge in [-0.1, -0.05) is 30.3 Å². The zero-order valence-corrected chi connectivity index (χ0v) is 12.7. The first kappa shape index (κ1) is 15.5. The van der Waals surface area contributed by atoms with E-state index >= 15 is 0 Å². The molecule has 1 aliphatic heterocycles. The van der Waals surface area contributed by atoms with Gasteiger partial charge in [-0.25, -0.2) is 4.39 Å². The summed E-state index contributed by atoms with van der Waals surface area (Å²) in [6.07, 6.45) is -0.815. The standard InChI is InChI=1S/C18H18FNO3/c1-11(12-6-8-13(19)9-7-12)18(22)20-15-10-23-16-5-3-2-4-14(16)17(15)21/h2-9,11,15,17,21H,10H2,1H3,(H,20,22)/t11-,15+,17-/m0/s1. The predicted molar refractivity (Wildman–Crippen MR) is 83.6 cm³/mol. The number of rotatable bonds is 3. The minimum Gasteiger partial charge on any atom is -0.491 e. The highest BCUT2D eigenvalue weighted by atomic mass is 19.1. The van der Waals surface area contributed by atoms with E-state index in [0.717, 1.165) is 5.56 Å². The van der Waals surface area contributed by atoms with Crippen LogP contribution in [0, 0.1) is 5.82 Å². The summed E-state index contributed by atoms with van der Waals surface area (Å²) in [4.78, 5) is 12.4. The van der Waals surface area contributed by atoms with E-state index in [2.05, 4.69) is 5.32 Å². The summed E-state index contributed by atoms with van der Waals surface area (Å²) in [6.45, 7) is 1.95. The first-order valence-corrected chi connectivity index (χ1v) is 7.52. The Morgan fingerprint density at radius 3 is 2.70 bits per heavy atom. The fourth-order valence-electron chi connectivity index (χ4n) is 2.67. The number of fused-ring (bicyclic) bond motifs is 1. The highest BCUT2D eigenvalue weighted by molar-refractivity contribution is 5.83. The number of para-hydroxylation sites is 1. The van der Waals surface area contributed by atoms with Gasteiger partial charge in [-0.2, -0.15) is 0 Å². The molecule has 4 nitrogen and oxygen atoms in total. The van der Waals surface area contributed by atoms with Crippen LogP contribution in [0.4, 0.5) is 4.39 Å². The van der Waals surface area contributed by atoms with E-state index in [1.807, 2.05) is 12.1 Å². The molecule has 2 aromatic carbocycles. The van der Waals surface area contributed by atoms with Crippen LogP contribution in [0.2, 0.25) is 0 Å². The molecular weight excluding hydrogens is 297 g/mol. The SMILES string of the molecule is C[C@H](C(=O)N[C@@H]1COc2ccccc2[C@@H]1O)c1ccc(F)cc1. The van der Waals surface area contributed by atoms with Crippen molar-refractivity contribution in [1.29, 1.82) is 0 Å². The molecule has 23 heavy (non-hydrogen) atoms. The van der Waals surface area contributed by atoms with Gasteiger partial charge in [0.25, 0.3) is 0 Å². The van der Waals surface area contributed by atoms with Crippen LogP contribution in [0.5, 0.6) is 5.75 Å². The third kappa shape index (κ3) is 3.19. The van der Waals surface area contributed by atoms with Crippen LogP contribution in [-0.2, 0) is 4.79 Å². The van der Waals surface area contributed by atoms with Crippen molar-refractivity contribution in [2.75, 3.05) is 6.61 Å². The first-order chi connectivity index (χ1) is 11.1. The molecule has 0 radical (unpaired) electrons. The molecule has 0 unspecified atom stereocenters. The van der Waals surface area contributed by atoms with E-state index in [1.165, 1.54) is 12.1 Å². The van der Waals surface area contributed by atoms with Crippen LogP contribution in [0.3, 0.4) is 0 Å². The van der Waals surface area contributed by atoms with Gasteiger partial charge in [0.15, 0.2) is 0 Å². The van der Waals surface area contributed by atoms with Crippen LogP contribution in [0.1, 0.15) is 30.1 Å². The second-order valence-electron chi connectivity index (χ2n) is 5.68. The average molecular weight is 315 g/mol. The van der Waals surface area contributed by atoms with Crippen molar-refractivity contribution in [2.24, 2.45) is 0 Å². The smallest absolute Gasteiger partial charge is 0.227 e. The molecule has 2 N–H and O–H groups in total. The Hall–Kier alpha value is -2.40. The first-order valence-electron chi connectivity index (χ1n) is 7.52. The van der Waals surface area contributed by atoms with Crippen molar-refractivity contribution in [1.82, 2.24) is 5.32 Å². The molecular formula is C18H18FNO3. The van der Waals surface area contributed by atoms with Crippen molar-refractivity contribution in [2.45, 2.75) is 25.0 Å². The third-order valence-electron chi connectivity index (χ3n) is 4.13. The number of hydrogen-bond donors (Lipinski definition) is 2. The van der Waals surface area contributed by atoms with E-state index in [1.54, 1.807) is 31.2 Å². The Morgan fingerprint density at radius 2 is 1.96 bits per heavy atom. The maximum absolute atomic E-state index is 13.0. The summed E-state index contributed by atoms with van der Waals surface area (Å²) in [5.74, 6) is -0.380. The lowest BCUT2D eigenvalue weighted by molar-refractivity contribution is -0.124. The maximum atomic E-state index is 13.0. The fourth-order valence-corrected chi connectivity index (χ4v) is 2.67. The van der Waals surface area contributed by atoms with Gasteiger partial charge in [0.05, 0.1) is 12.0 Å². The topological polar surface area (TPSA) is 58.6 Å². The molecule has 3 atom stereocenters. The van der Waals surface area contributed by atoms with Crippen molar-refractivity contribution in [3.8, 4) is 5.75 Å². The second kappa shape index (κ2) is 6.38. The number of aliphatic hydroxyl groups excluding tert-OH is 1. The van der Waals surface area contributed by atoms with E-state index in [0.29, 0.717) is 11.3 Å². The van der Waals surface area contributed by atoms with Gasteiger partial charge < -0.3 is 15.2 Å². The van der Waals surface area contributed by atoms with Gasteiger partial charge in [0, 0.05) is 5.56 Å². The molecule has 0 saturated carbocycles. The molecule has 0 fully saturated rings. The minimum atomic E-state index is -0.815. The van der Waals surface area contributed by atoms with Crippen LogP contribution < -0.4 is 10.1 Å². The highest BCUT2D eigenvalue weighted by Crippen LogP contribution is 2.32. The largest absolute Gasteiger partial charge is 0.491 e. The summed E-state index contributed by atoms with van der Waals surface area (Å²) in [7, 11) is 0. The van der Waals surface area contributed by atoms with Crippen LogP contribution in [0.15, 0.2) is 48.5 Å². The number of carbonyl (C=O) groups excluding carboxylic acids is 1. The lowest BCUT2D eigenvalue weighted by Gasteiger charge is -2.31. The lowest BCUT2D eigenvalue weighted by Crippen LogP contribution is -2.46. The number of nitrogens with one attached hydrogen (secondary N) is 1. The van der Waals surface area contributed by atoms with Gasteiger partial charge in [0.1, 0.15) is 24.3 Å². The van der Waals surface area contributed by atoms with Gasteiger partial charge >= 0.3 is 0 Å². The molecule has 1 aliphatic rings. The Bertz CT molecular complexity index is 702. The van der Waals surface area contributed by atoms with Crippen molar-refractivity contribution < 1.29 is 19.0 Å². The van der Waals surface area contributed by atoms with Crippen molar-refractivity contribution in [3.05, 3.63) is 65.5 Å². The molecule has 2 aromatic rings. The predicted octanol–water partition coefficient (Wildman–Crippen LogP) is 2.54. The van der Waals surface area contributed by atoms with Crippen LogP contribution >= 0.6 is 0 Å². The number of amides is 1. The molecule has 0 aromatic heterocycles. The Balaban J connectivity index is 1.70. The average Bonchev–Trinajstić information content (AvgIpc) is 2.57. The van der Waals surface area contributed by atoms with Gasteiger partial charge in [0.2, 0.25) is 5.91 Å². The zero-order valence-electron chi connectivity index (χ0n) is 12.7. The lowest BCUT2D eigenvalue weighted by atomic mass is 9.96. The quantitative estimate of drug-likeness (QED) is 0.915. The highest BCUT2D eigenvalue weighted by Gasteiger charge is 2.31. The normalized spacial score (nSPS) is 21.0. The number of benzene rings is 2. The number of ether oxygens (including phenoxy) is 1. The molecule has 0 bridgehead atoms. The number of hydrogen-bond acceptors (Lipinski definition) is 3. The monoisotopic (exact) mass is 315 g/mol. The summed E-state index contributed by atoms with van der Waals surface area (Å²) in [5.41, 5.74) is 1.38. The molecule has 120 valence electrons. The number of aliphatic hydroxyl groups is 1. The Morgan fingerprint density at radius 1 is 1.26 bits per heavy atom. The number of carbonyl (C=O) groups is 1.